The van der Waals surface area contributed by atoms with Crippen molar-refractivity contribution in [3.8, 4) is 11.3 Å². The molecule has 0 aliphatic carbocycles. The van der Waals surface area contributed by atoms with Crippen LogP contribution in [0.3, 0.4) is 0 Å². The van der Waals surface area contributed by atoms with E-state index in [0.29, 0.717) is 18.5 Å². The minimum absolute atomic E-state index is 0.182. The topological polar surface area (TPSA) is 37.9 Å². The van der Waals surface area contributed by atoms with Gasteiger partial charge in [-0.2, -0.15) is 13.2 Å². The standard InChI is InChI=1S/C47H48F3N3O/c1-32(2)25-44(46(38-15-9-7-10-16-38,39-17-11-8-12-18-39)51-45(54)37-27-34(5)26-35(6)28-37)53-30-43(42-20-14-13-19-41(42)33(3)4)52(31-53)29-36-21-23-40(24-22-36)47(48,49)50/h7-24,26-28,30-33,44H,25,29H2,1-6H3/p+1/t44-/m0/s1. The zero-order valence-corrected chi connectivity index (χ0v) is 31.9. The van der Waals surface area contributed by atoms with E-state index in [1.165, 1.54) is 0 Å². The zero-order valence-electron chi connectivity index (χ0n) is 31.9. The predicted octanol–water partition coefficient (Wildman–Crippen LogP) is 11.2. The normalized spacial score (nSPS) is 12.6. The van der Waals surface area contributed by atoms with Gasteiger partial charge in [0.2, 0.25) is 6.33 Å². The fourth-order valence-electron chi connectivity index (χ4n) is 7.73. The summed E-state index contributed by atoms with van der Waals surface area (Å²) in [5.41, 5.74) is 6.65. The highest BCUT2D eigenvalue weighted by atomic mass is 19.4. The molecule has 0 radical (unpaired) electrons. The van der Waals surface area contributed by atoms with Gasteiger partial charge < -0.3 is 5.32 Å². The van der Waals surface area contributed by atoms with Crippen molar-refractivity contribution in [2.75, 3.05) is 0 Å². The zero-order chi connectivity index (χ0) is 38.6. The lowest BCUT2D eigenvalue weighted by Gasteiger charge is -2.41. The first kappa shape index (κ1) is 38.3. The van der Waals surface area contributed by atoms with Crippen LogP contribution < -0.4 is 9.88 Å². The van der Waals surface area contributed by atoms with Crippen molar-refractivity contribution in [3.05, 3.63) is 184 Å². The van der Waals surface area contributed by atoms with Gasteiger partial charge in [-0.3, -0.25) is 4.79 Å². The second kappa shape index (κ2) is 15.9. The van der Waals surface area contributed by atoms with E-state index < -0.39 is 17.3 Å². The van der Waals surface area contributed by atoms with Gasteiger partial charge in [0.15, 0.2) is 5.69 Å². The van der Waals surface area contributed by atoms with Crippen molar-refractivity contribution in [1.29, 1.82) is 0 Å². The van der Waals surface area contributed by atoms with E-state index in [1.807, 2.05) is 74.5 Å². The van der Waals surface area contributed by atoms with Crippen LogP contribution in [0.4, 0.5) is 13.2 Å². The molecule has 6 aromatic rings. The second-order valence-electron chi connectivity index (χ2n) is 15.2. The molecule has 0 saturated carbocycles. The van der Waals surface area contributed by atoms with Gasteiger partial charge in [0.25, 0.3) is 5.91 Å². The lowest BCUT2D eigenvalue weighted by atomic mass is 9.73. The Morgan fingerprint density at radius 3 is 1.81 bits per heavy atom. The minimum atomic E-state index is -4.42. The average molecular weight is 729 g/mol. The predicted molar refractivity (Wildman–Crippen MR) is 210 cm³/mol. The number of aryl methyl sites for hydroxylation is 2. The summed E-state index contributed by atoms with van der Waals surface area (Å²) in [5.74, 6) is 0.260. The minimum Gasteiger partial charge on any atom is -0.334 e. The van der Waals surface area contributed by atoms with Gasteiger partial charge in [0, 0.05) is 11.1 Å². The van der Waals surface area contributed by atoms with E-state index >= 15 is 0 Å². The molecule has 1 aromatic heterocycles. The van der Waals surface area contributed by atoms with E-state index in [-0.39, 0.29) is 23.8 Å². The lowest BCUT2D eigenvalue weighted by Crippen LogP contribution is -2.60. The molecule has 278 valence electrons. The number of hydrogen-bond donors (Lipinski definition) is 1. The average Bonchev–Trinajstić information content (AvgIpc) is 3.56. The molecular weight excluding hydrogens is 680 g/mol. The number of aromatic nitrogens is 2. The van der Waals surface area contributed by atoms with Crippen molar-refractivity contribution < 1.29 is 22.5 Å². The fourth-order valence-corrected chi connectivity index (χ4v) is 7.73. The summed E-state index contributed by atoms with van der Waals surface area (Å²) >= 11 is 0. The molecule has 0 spiro atoms. The highest BCUT2D eigenvalue weighted by Gasteiger charge is 2.48. The SMILES string of the molecule is Cc1cc(C)cc(C(=O)NC(c2ccccc2)(c2ccccc2)[C@H](CC(C)C)[n+]2cc(-c3ccccc3C(C)C)n(Cc3ccc(C(F)(F)F)cc3)c2)c1. The Balaban J connectivity index is 1.61. The Kier molecular flexibility index (Phi) is 11.3. The molecule has 1 heterocycles. The molecular formula is C47H49F3N3O+. The van der Waals surface area contributed by atoms with Gasteiger partial charge in [-0.15, -0.1) is 0 Å². The summed E-state index contributed by atoms with van der Waals surface area (Å²) in [6.07, 6.45) is 0.500. The number of nitrogens with one attached hydrogen (secondary N) is 1. The molecule has 1 amide bonds. The van der Waals surface area contributed by atoms with E-state index in [2.05, 4.69) is 97.1 Å². The van der Waals surface area contributed by atoms with Crippen LogP contribution in [0.15, 0.2) is 140 Å². The molecule has 0 bridgehead atoms. The second-order valence-corrected chi connectivity index (χ2v) is 15.2. The molecule has 0 saturated heterocycles. The first-order chi connectivity index (χ1) is 25.8. The van der Waals surface area contributed by atoms with Gasteiger partial charge in [-0.25, -0.2) is 9.13 Å². The van der Waals surface area contributed by atoms with E-state index in [0.717, 1.165) is 56.8 Å². The number of carbonyl (C=O) groups excluding carboxylic acids is 1. The largest absolute Gasteiger partial charge is 0.416 e. The molecule has 5 aromatic carbocycles. The monoisotopic (exact) mass is 728 g/mol. The number of carbonyl (C=O) groups is 1. The number of halogens is 3. The van der Waals surface area contributed by atoms with Gasteiger partial charge in [0.1, 0.15) is 24.3 Å². The molecule has 7 heteroatoms. The summed E-state index contributed by atoms with van der Waals surface area (Å²) in [6.45, 7) is 13.0. The summed E-state index contributed by atoms with van der Waals surface area (Å²) < 4.78 is 45.0. The highest BCUT2D eigenvalue weighted by Crippen LogP contribution is 2.42. The summed E-state index contributed by atoms with van der Waals surface area (Å²) in [4.78, 5) is 14.7. The van der Waals surface area contributed by atoms with Gasteiger partial charge in [-0.1, -0.05) is 142 Å². The van der Waals surface area contributed by atoms with Crippen LogP contribution in [-0.2, 0) is 18.3 Å². The quantitative estimate of drug-likeness (QED) is 0.125. The first-order valence-corrected chi connectivity index (χ1v) is 18.6. The maximum atomic E-state index is 14.7. The van der Waals surface area contributed by atoms with Crippen molar-refractivity contribution >= 4 is 5.91 Å². The van der Waals surface area contributed by atoms with Crippen LogP contribution in [0.2, 0.25) is 0 Å². The Morgan fingerprint density at radius 2 is 1.28 bits per heavy atom. The lowest BCUT2D eigenvalue weighted by molar-refractivity contribution is -0.732. The van der Waals surface area contributed by atoms with E-state index in [4.69, 9.17) is 0 Å². The fraction of sp³-hybridized carbons (Fsp3) is 0.277. The van der Waals surface area contributed by atoms with Crippen molar-refractivity contribution in [2.24, 2.45) is 5.92 Å². The summed E-state index contributed by atoms with van der Waals surface area (Å²) in [7, 11) is 0. The van der Waals surface area contributed by atoms with Gasteiger partial charge in [-0.05, 0) is 78.6 Å². The molecule has 54 heavy (non-hydrogen) atoms. The van der Waals surface area contributed by atoms with Crippen LogP contribution in [0.25, 0.3) is 11.3 Å². The molecule has 1 N–H and O–H groups in total. The third kappa shape index (κ3) is 8.20. The molecule has 1 atom stereocenters. The molecule has 0 aliphatic heterocycles. The maximum absolute atomic E-state index is 14.7. The maximum Gasteiger partial charge on any atom is 0.416 e. The Bertz CT molecular complexity index is 2130. The number of imidazole rings is 1. The van der Waals surface area contributed by atoms with Crippen molar-refractivity contribution in [3.63, 3.8) is 0 Å². The number of rotatable bonds is 12. The van der Waals surface area contributed by atoms with Gasteiger partial charge >= 0.3 is 6.18 Å². The molecule has 6 rings (SSSR count). The smallest absolute Gasteiger partial charge is 0.334 e. The summed E-state index contributed by atoms with van der Waals surface area (Å²) in [6, 6.07) is 39.6. The van der Waals surface area contributed by atoms with E-state index in [9.17, 15) is 18.0 Å². The van der Waals surface area contributed by atoms with E-state index in [1.54, 1.807) is 12.1 Å². The third-order valence-electron chi connectivity index (χ3n) is 10.2. The van der Waals surface area contributed by atoms with Crippen LogP contribution >= 0.6 is 0 Å². The Labute approximate surface area is 317 Å². The molecule has 0 aliphatic rings. The first-order valence-electron chi connectivity index (χ1n) is 18.6. The molecule has 4 nitrogen and oxygen atoms in total. The van der Waals surface area contributed by atoms with Crippen LogP contribution in [0, 0.1) is 19.8 Å². The number of alkyl halides is 3. The van der Waals surface area contributed by atoms with Crippen molar-refractivity contribution in [1.82, 2.24) is 9.88 Å². The third-order valence-corrected chi connectivity index (χ3v) is 10.2. The number of amides is 1. The number of nitrogens with zero attached hydrogens (tertiary/aromatic N) is 2. The number of benzene rings is 5. The van der Waals surface area contributed by atoms with Crippen molar-refractivity contribution in [2.45, 2.75) is 78.2 Å². The van der Waals surface area contributed by atoms with Crippen LogP contribution in [0.1, 0.15) is 95.4 Å². The molecule has 0 unspecified atom stereocenters. The molecule has 0 fully saturated rings. The van der Waals surface area contributed by atoms with Crippen LogP contribution in [-0.4, -0.2) is 10.5 Å². The Hall–Kier alpha value is -5.43. The van der Waals surface area contributed by atoms with Gasteiger partial charge in [0.05, 0.1) is 5.56 Å². The Morgan fingerprint density at radius 1 is 0.722 bits per heavy atom. The summed E-state index contributed by atoms with van der Waals surface area (Å²) in [5, 5.41) is 3.63. The number of hydrogen-bond acceptors (Lipinski definition) is 1. The highest BCUT2D eigenvalue weighted by molar-refractivity contribution is 5.95. The van der Waals surface area contributed by atoms with Crippen LogP contribution in [0.5, 0.6) is 0 Å².